The van der Waals surface area contributed by atoms with Crippen LogP contribution < -0.4 is 5.32 Å². The Morgan fingerprint density at radius 3 is 2.53 bits per heavy atom. The summed E-state index contributed by atoms with van der Waals surface area (Å²) in [6.07, 6.45) is 0.496. The Bertz CT molecular complexity index is 425. The fourth-order valence-corrected chi connectivity index (χ4v) is 1.12. The molecule has 0 unspecified atom stereocenters. The quantitative estimate of drug-likeness (QED) is 0.781. The van der Waals surface area contributed by atoms with Gasteiger partial charge in [0, 0.05) is 0 Å². The number of carboxylic acid groups (broad SMARTS) is 1. The molecule has 1 aromatic rings. The lowest BCUT2D eigenvalue weighted by Gasteiger charge is -2.06. The molecule has 0 spiro atoms. The van der Waals surface area contributed by atoms with Crippen LogP contribution in [0.2, 0.25) is 0 Å². The third-order valence-corrected chi connectivity index (χ3v) is 1.97. The number of nitrogens with one attached hydrogen (secondary N) is 1. The van der Waals surface area contributed by atoms with Crippen LogP contribution in [0, 0.1) is 0 Å². The maximum atomic E-state index is 11.3. The molecule has 0 saturated carbocycles. The van der Waals surface area contributed by atoms with Gasteiger partial charge in [-0.05, 0) is 12.5 Å². The summed E-state index contributed by atoms with van der Waals surface area (Å²) in [7, 11) is 0. The van der Waals surface area contributed by atoms with Crippen LogP contribution in [0.4, 0.5) is 4.79 Å². The molecule has 0 radical (unpaired) electrons. The zero-order valence-corrected chi connectivity index (χ0v) is 9.34. The molecule has 17 heavy (non-hydrogen) atoms. The Morgan fingerprint density at radius 1 is 1.35 bits per heavy atom. The lowest BCUT2D eigenvalue weighted by molar-refractivity contribution is -0.133. The van der Waals surface area contributed by atoms with Crippen molar-refractivity contribution in [3.05, 3.63) is 47.7 Å². The fraction of sp³-hybridized carbons (Fsp3) is 0.167. The number of benzene rings is 1. The van der Waals surface area contributed by atoms with Crippen molar-refractivity contribution in [1.82, 2.24) is 5.32 Å². The van der Waals surface area contributed by atoms with Crippen molar-refractivity contribution in [2.24, 2.45) is 0 Å². The van der Waals surface area contributed by atoms with Gasteiger partial charge in [-0.15, -0.1) is 0 Å². The minimum atomic E-state index is -1.20. The number of carbonyl (C=O) groups excluding carboxylic acids is 1. The van der Waals surface area contributed by atoms with Crippen LogP contribution in [0.25, 0.3) is 0 Å². The van der Waals surface area contributed by atoms with E-state index < -0.39 is 12.1 Å². The molecule has 90 valence electrons. The van der Waals surface area contributed by atoms with Crippen LogP contribution in [0.1, 0.15) is 12.5 Å². The zero-order chi connectivity index (χ0) is 12.7. The van der Waals surface area contributed by atoms with E-state index in [0.717, 1.165) is 5.56 Å². The molecule has 0 aliphatic carbocycles. The van der Waals surface area contributed by atoms with Crippen molar-refractivity contribution in [2.75, 3.05) is 0 Å². The zero-order valence-electron chi connectivity index (χ0n) is 9.34. The van der Waals surface area contributed by atoms with E-state index in [1.165, 1.54) is 13.0 Å². The van der Waals surface area contributed by atoms with Gasteiger partial charge in [0.15, 0.2) is 0 Å². The third kappa shape index (κ3) is 4.38. The Kier molecular flexibility index (Phi) is 4.75. The first-order chi connectivity index (χ1) is 8.13. The van der Waals surface area contributed by atoms with Crippen LogP contribution in [0.15, 0.2) is 42.1 Å². The molecule has 5 nitrogen and oxygen atoms in total. The number of allylic oxidation sites excluding steroid dienone is 1. The lowest BCUT2D eigenvalue weighted by Crippen LogP contribution is -2.27. The molecular weight excluding hydrogens is 222 g/mol. The van der Waals surface area contributed by atoms with Crippen molar-refractivity contribution in [3.63, 3.8) is 0 Å². The van der Waals surface area contributed by atoms with Crippen molar-refractivity contribution in [2.45, 2.75) is 13.5 Å². The van der Waals surface area contributed by atoms with E-state index in [1.807, 2.05) is 18.2 Å². The fourth-order valence-electron chi connectivity index (χ4n) is 1.12. The summed E-state index contributed by atoms with van der Waals surface area (Å²) in [5, 5.41) is 10.8. The second-order valence-electron chi connectivity index (χ2n) is 3.19. The molecule has 0 saturated heterocycles. The number of amides is 1. The first kappa shape index (κ1) is 12.8. The number of alkyl carbamates (subject to hydrolysis) is 1. The lowest BCUT2D eigenvalue weighted by atomic mass is 10.2. The number of carboxylic acids is 1. The van der Waals surface area contributed by atoms with E-state index in [9.17, 15) is 9.59 Å². The summed E-state index contributed by atoms with van der Waals surface area (Å²) in [6, 6.07) is 9.12. The number of ether oxygens (including phenoxy) is 1. The van der Waals surface area contributed by atoms with Gasteiger partial charge in [-0.25, -0.2) is 9.59 Å². The van der Waals surface area contributed by atoms with Crippen LogP contribution in [0.3, 0.4) is 0 Å². The molecule has 0 atom stereocenters. The van der Waals surface area contributed by atoms with Gasteiger partial charge in [0.2, 0.25) is 0 Å². The monoisotopic (exact) mass is 235 g/mol. The second kappa shape index (κ2) is 6.32. The number of aliphatic carboxylic acids is 1. The number of hydrogen-bond donors (Lipinski definition) is 2. The second-order valence-corrected chi connectivity index (χ2v) is 3.19. The molecule has 1 rings (SSSR count). The first-order valence-electron chi connectivity index (χ1n) is 5.00. The highest BCUT2D eigenvalue weighted by Crippen LogP contribution is 2.01. The van der Waals surface area contributed by atoms with Gasteiger partial charge < -0.3 is 9.84 Å². The van der Waals surface area contributed by atoms with E-state index in [2.05, 4.69) is 5.32 Å². The molecule has 0 aliphatic heterocycles. The molecule has 0 bridgehead atoms. The summed E-state index contributed by atoms with van der Waals surface area (Å²) < 4.78 is 4.86. The average molecular weight is 235 g/mol. The molecule has 1 amide bonds. The molecule has 1 aromatic carbocycles. The Labute approximate surface area is 98.7 Å². The van der Waals surface area contributed by atoms with Crippen LogP contribution in [-0.2, 0) is 16.1 Å². The molecule has 0 heterocycles. The van der Waals surface area contributed by atoms with Gasteiger partial charge in [0.25, 0.3) is 0 Å². The molecule has 0 aromatic heterocycles. The SMILES string of the molecule is CC=C(NC(=O)OCc1ccccc1)C(=O)O. The van der Waals surface area contributed by atoms with Crippen molar-refractivity contribution in [3.8, 4) is 0 Å². The van der Waals surface area contributed by atoms with Crippen molar-refractivity contribution < 1.29 is 19.4 Å². The van der Waals surface area contributed by atoms with Gasteiger partial charge in [-0.1, -0.05) is 36.4 Å². The van der Waals surface area contributed by atoms with Gasteiger partial charge in [0.05, 0.1) is 0 Å². The van der Waals surface area contributed by atoms with Crippen molar-refractivity contribution >= 4 is 12.1 Å². The number of rotatable bonds is 4. The van der Waals surface area contributed by atoms with E-state index in [1.54, 1.807) is 12.1 Å². The van der Waals surface area contributed by atoms with Crippen LogP contribution in [-0.4, -0.2) is 17.2 Å². The van der Waals surface area contributed by atoms with Gasteiger partial charge in [-0.2, -0.15) is 0 Å². The predicted octanol–water partition coefficient (Wildman–Crippen LogP) is 1.90. The summed E-state index contributed by atoms with van der Waals surface area (Å²) in [6.45, 7) is 1.62. The largest absolute Gasteiger partial charge is 0.477 e. The summed E-state index contributed by atoms with van der Waals surface area (Å²) in [4.78, 5) is 21.9. The third-order valence-electron chi connectivity index (χ3n) is 1.97. The van der Waals surface area contributed by atoms with Crippen molar-refractivity contribution in [1.29, 1.82) is 0 Å². The minimum Gasteiger partial charge on any atom is -0.477 e. The topological polar surface area (TPSA) is 75.6 Å². The molecule has 5 heteroatoms. The van der Waals surface area contributed by atoms with Gasteiger partial charge in [0.1, 0.15) is 12.3 Å². The Balaban J connectivity index is 2.43. The van der Waals surface area contributed by atoms with E-state index in [4.69, 9.17) is 9.84 Å². The number of hydrogen-bond acceptors (Lipinski definition) is 3. The summed E-state index contributed by atoms with van der Waals surface area (Å²) in [5.41, 5.74) is 0.628. The molecule has 0 aliphatic rings. The highest BCUT2D eigenvalue weighted by atomic mass is 16.5. The standard InChI is InChI=1S/C12H13NO4/c1-2-10(11(14)15)13-12(16)17-8-9-6-4-3-5-7-9/h2-7H,8H2,1H3,(H,13,16)(H,14,15). The van der Waals surface area contributed by atoms with Crippen LogP contribution >= 0.6 is 0 Å². The summed E-state index contributed by atoms with van der Waals surface area (Å²) in [5.74, 6) is -1.20. The van der Waals surface area contributed by atoms with Gasteiger partial charge >= 0.3 is 12.1 Å². The van der Waals surface area contributed by atoms with E-state index in [-0.39, 0.29) is 12.3 Å². The average Bonchev–Trinajstić information content (AvgIpc) is 2.34. The Morgan fingerprint density at radius 2 is 2.00 bits per heavy atom. The maximum absolute atomic E-state index is 11.3. The molecule has 0 fully saturated rings. The highest BCUT2D eigenvalue weighted by Gasteiger charge is 2.10. The summed E-state index contributed by atoms with van der Waals surface area (Å²) >= 11 is 0. The predicted molar refractivity (Wildman–Crippen MR) is 61.2 cm³/mol. The first-order valence-corrected chi connectivity index (χ1v) is 5.00. The Hall–Kier alpha value is -2.30. The smallest absolute Gasteiger partial charge is 0.412 e. The maximum Gasteiger partial charge on any atom is 0.412 e. The van der Waals surface area contributed by atoms with Crippen LogP contribution in [0.5, 0.6) is 0 Å². The van der Waals surface area contributed by atoms with Gasteiger partial charge in [-0.3, -0.25) is 5.32 Å². The minimum absolute atomic E-state index is 0.100. The van der Waals surface area contributed by atoms with E-state index >= 15 is 0 Å². The highest BCUT2D eigenvalue weighted by molar-refractivity contribution is 5.90. The molecule has 2 N–H and O–H groups in total. The normalized spacial score (nSPS) is 10.8. The number of carbonyl (C=O) groups is 2. The van der Waals surface area contributed by atoms with E-state index in [0.29, 0.717) is 0 Å². The molecular formula is C12H13NO4.